The minimum Gasteiger partial charge on any atom is -0.398 e. The van der Waals surface area contributed by atoms with Gasteiger partial charge in [-0.15, -0.1) is 0 Å². The Morgan fingerprint density at radius 2 is 2.25 bits per heavy atom. The number of rotatable bonds is 5. The summed E-state index contributed by atoms with van der Waals surface area (Å²) in [6, 6.07) is 7.57. The molecule has 0 amide bonds. The van der Waals surface area contributed by atoms with E-state index in [9.17, 15) is 0 Å². The van der Waals surface area contributed by atoms with Crippen molar-refractivity contribution >= 4 is 11.4 Å². The molecule has 0 radical (unpaired) electrons. The number of nitrogens with zero attached hydrogens (tertiary/aromatic N) is 2. The molecule has 16 heavy (non-hydrogen) atoms. The van der Waals surface area contributed by atoms with Crippen LogP contribution in [0.2, 0.25) is 0 Å². The van der Waals surface area contributed by atoms with Gasteiger partial charge in [0.05, 0.1) is 5.56 Å². The Labute approximate surface area is 96.2 Å². The summed E-state index contributed by atoms with van der Waals surface area (Å²) in [5.74, 6) is 0. The zero-order chi connectivity index (χ0) is 12.0. The van der Waals surface area contributed by atoms with Crippen molar-refractivity contribution in [2.45, 2.75) is 6.42 Å². The molecule has 0 atom stereocenters. The van der Waals surface area contributed by atoms with Crippen LogP contribution in [-0.4, -0.2) is 27.3 Å². The lowest BCUT2D eigenvalue weighted by atomic mass is 10.1. The average Bonchev–Trinajstić information content (AvgIpc) is 2.30. The highest BCUT2D eigenvalue weighted by Gasteiger charge is 2.04. The standard InChI is InChI=1S/C12H17N3O/c1-15(6-3-7-16-2)11-4-5-12(14)10(8-11)9-13/h4-5,8H,3,6-7,14H2,1-2H3. The van der Waals surface area contributed by atoms with E-state index in [4.69, 9.17) is 15.7 Å². The van der Waals surface area contributed by atoms with E-state index in [1.165, 1.54) is 0 Å². The molecule has 1 aromatic carbocycles. The zero-order valence-electron chi connectivity index (χ0n) is 9.73. The van der Waals surface area contributed by atoms with Crippen molar-refractivity contribution in [3.05, 3.63) is 23.8 Å². The molecule has 0 saturated carbocycles. The first-order chi connectivity index (χ1) is 7.69. The van der Waals surface area contributed by atoms with Crippen LogP contribution in [0.25, 0.3) is 0 Å². The second-order valence-electron chi connectivity index (χ2n) is 3.65. The fourth-order valence-electron chi connectivity index (χ4n) is 1.45. The molecule has 4 heteroatoms. The van der Waals surface area contributed by atoms with Crippen LogP contribution in [0.1, 0.15) is 12.0 Å². The number of hydrogen-bond acceptors (Lipinski definition) is 4. The highest BCUT2D eigenvalue weighted by Crippen LogP contribution is 2.19. The van der Waals surface area contributed by atoms with Crippen molar-refractivity contribution in [1.29, 1.82) is 5.26 Å². The minimum absolute atomic E-state index is 0.524. The number of nitrogen functional groups attached to an aromatic ring is 1. The molecule has 0 aliphatic carbocycles. The predicted octanol–water partition coefficient (Wildman–Crippen LogP) is 1.61. The molecule has 1 rings (SSSR count). The number of nitrogens with two attached hydrogens (primary N) is 1. The average molecular weight is 219 g/mol. The maximum Gasteiger partial charge on any atom is 0.101 e. The lowest BCUT2D eigenvalue weighted by Crippen LogP contribution is -2.19. The maximum absolute atomic E-state index is 8.87. The van der Waals surface area contributed by atoms with Gasteiger partial charge in [0, 0.05) is 38.7 Å². The Bertz CT molecular complexity index is 384. The Morgan fingerprint density at radius 1 is 1.50 bits per heavy atom. The Kier molecular flexibility index (Phi) is 4.62. The summed E-state index contributed by atoms with van der Waals surface area (Å²) in [6.07, 6.45) is 0.958. The summed E-state index contributed by atoms with van der Waals surface area (Å²) in [6.45, 7) is 1.63. The lowest BCUT2D eigenvalue weighted by Gasteiger charge is -2.19. The second-order valence-corrected chi connectivity index (χ2v) is 3.65. The van der Waals surface area contributed by atoms with Gasteiger partial charge in [-0.3, -0.25) is 0 Å². The van der Waals surface area contributed by atoms with Gasteiger partial charge < -0.3 is 15.4 Å². The van der Waals surface area contributed by atoms with Gasteiger partial charge in [-0.05, 0) is 24.6 Å². The van der Waals surface area contributed by atoms with Crippen molar-refractivity contribution in [2.24, 2.45) is 0 Å². The molecule has 0 unspecified atom stereocenters. The fourth-order valence-corrected chi connectivity index (χ4v) is 1.45. The zero-order valence-corrected chi connectivity index (χ0v) is 9.73. The molecular formula is C12H17N3O. The van der Waals surface area contributed by atoms with E-state index in [-0.39, 0.29) is 0 Å². The molecule has 2 N–H and O–H groups in total. The molecule has 1 aromatic rings. The van der Waals surface area contributed by atoms with Gasteiger partial charge in [0.1, 0.15) is 6.07 Å². The highest BCUT2D eigenvalue weighted by atomic mass is 16.5. The van der Waals surface area contributed by atoms with Crippen LogP contribution in [0.3, 0.4) is 0 Å². The third-order valence-corrected chi connectivity index (χ3v) is 2.44. The number of hydrogen-bond donors (Lipinski definition) is 1. The van der Waals surface area contributed by atoms with Crippen LogP contribution in [0.5, 0.6) is 0 Å². The SMILES string of the molecule is COCCCN(C)c1ccc(N)c(C#N)c1. The first kappa shape index (κ1) is 12.3. The number of anilines is 2. The van der Waals surface area contributed by atoms with Gasteiger partial charge in [0.25, 0.3) is 0 Å². The summed E-state index contributed by atoms with van der Waals surface area (Å²) in [7, 11) is 3.68. The van der Waals surface area contributed by atoms with Gasteiger partial charge >= 0.3 is 0 Å². The second kappa shape index (κ2) is 5.99. The molecule has 0 heterocycles. The maximum atomic E-state index is 8.87. The Hall–Kier alpha value is -1.73. The van der Waals surface area contributed by atoms with Crippen LogP contribution >= 0.6 is 0 Å². The Balaban J connectivity index is 2.69. The Morgan fingerprint density at radius 3 is 2.88 bits per heavy atom. The molecule has 4 nitrogen and oxygen atoms in total. The molecule has 0 saturated heterocycles. The molecule has 0 aromatic heterocycles. The monoisotopic (exact) mass is 219 g/mol. The van der Waals surface area contributed by atoms with Gasteiger partial charge in [-0.25, -0.2) is 0 Å². The number of nitriles is 1. The summed E-state index contributed by atoms with van der Waals surface area (Å²) >= 11 is 0. The van der Waals surface area contributed by atoms with E-state index in [1.54, 1.807) is 13.2 Å². The van der Waals surface area contributed by atoms with Gasteiger partial charge in [0.2, 0.25) is 0 Å². The van der Waals surface area contributed by atoms with E-state index >= 15 is 0 Å². The van der Waals surface area contributed by atoms with Gasteiger partial charge in [-0.2, -0.15) is 5.26 Å². The van der Waals surface area contributed by atoms with Crippen molar-refractivity contribution in [3.8, 4) is 6.07 Å². The summed E-state index contributed by atoms with van der Waals surface area (Å²) in [4.78, 5) is 2.08. The first-order valence-electron chi connectivity index (χ1n) is 5.18. The molecule has 0 aliphatic rings. The lowest BCUT2D eigenvalue weighted by molar-refractivity contribution is 0.196. The molecular weight excluding hydrogens is 202 g/mol. The number of benzene rings is 1. The molecule has 86 valence electrons. The van der Waals surface area contributed by atoms with E-state index in [0.29, 0.717) is 11.3 Å². The van der Waals surface area contributed by atoms with Crippen molar-refractivity contribution in [2.75, 3.05) is 37.9 Å². The molecule has 0 spiro atoms. The topological polar surface area (TPSA) is 62.3 Å². The third-order valence-electron chi connectivity index (χ3n) is 2.44. The largest absolute Gasteiger partial charge is 0.398 e. The molecule has 0 fully saturated rings. The van der Waals surface area contributed by atoms with Crippen molar-refractivity contribution in [3.63, 3.8) is 0 Å². The highest BCUT2D eigenvalue weighted by molar-refractivity contribution is 5.62. The summed E-state index contributed by atoms with van der Waals surface area (Å²) in [5, 5.41) is 8.87. The van der Waals surface area contributed by atoms with Gasteiger partial charge in [-0.1, -0.05) is 0 Å². The van der Waals surface area contributed by atoms with Crippen LogP contribution in [0.15, 0.2) is 18.2 Å². The summed E-state index contributed by atoms with van der Waals surface area (Å²) < 4.78 is 4.99. The van der Waals surface area contributed by atoms with Gasteiger partial charge in [0.15, 0.2) is 0 Å². The van der Waals surface area contributed by atoms with Crippen molar-refractivity contribution in [1.82, 2.24) is 0 Å². The first-order valence-corrected chi connectivity index (χ1v) is 5.18. The smallest absolute Gasteiger partial charge is 0.101 e. The third kappa shape index (κ3) is 3.14. The van der Waals surface area contributed by atoms with Crippen LogP contribution in [0, 0.1) is 11.3 Å². The van der Waals surface area contributed by atoms with E-state index in [1.807, 2.05) is 19.2 Å². The normalized spacial score (nSPS) is 9.81. The number of methoxy groups -OCH3 is 1. The minimum atomic E-state index is 0.524. The number of ether oxygens (including phenoxy) is 1. The van der Waals surface area contributed by atoms with Crippen molar-refractivity contribution < 1.29 is 4.74 Å². The summed E-state index contributed by atoms with van der Waals surface area (Å²) in [5.41, 5.74) is 7.71. The fraction of sp³-hybridized carbons (Fsp3) is 0.417. The predicted molar refractivity (Wildman–Crippen MR) is 65.3 cm³/mol. The van der Waals surface area contributed by atoms with E-state index < -0.39 is 0 Å². The molecule has 0 aliphatic heterocycles. The van der Waals surface area contributed by atoms with Crippen LogP contribution in [-0.2, 0) is 4.74 Å². The van der Waals surface area contributed by atoms with E-state index in [2.05, 4.69) is 11.0 Å². The van der Waals surface area contributed by atoms with E-state index in [0.717, 1.165) is 25.3 Å². The van der Waals surface area contributed by atoms with Crippen LogP contribution in [0.4, 0.5) is 11.4 Å². The molecule has 0 bridgehead atoms. The van der Waals surface area contributed by atoms with Crippen LogP contribution < -0.4 is 10.6 Å². The quantitative estimate of drug-likeness (QED) is 0.603.